The summed E-state index contributed by atoms with van der Waals surface area (Å²) in [6.07, 6.45) is 4.43. The second-order valence-electron chi connectivity index (χ2n) is 8.09. The molecule has 9 heteroatoms. The molecule has 1 atom stereocenters. The molecule has 2 aromatic carbocycles. The van der Waals surface area contributed by atoms with Gasteiger partial charge in [0.2, 0.25) is 0 Å². The van der Waals surface area contributed by atoms with Gasteiger partial charge in [-0.05, 0) is 63.2 Å². The van der Waals surface area contributed by atoms with Gasteiger partial charge in [0.05, 0.1) is 21.4 Å². The van der Waals surface area contributed by atoms with Crippen molar-refractivity contribution in [2.75, 3.05) is 36.4 Å². The first-order valence-corrected chi connectivity index (χ1v) is 11.6. The standard InChI is InChI=1S/C23H26Cl2N4O3/c24-18-10-9-16(15-19(18)25)29-22(31)27-20-8-3-2-7-17(20)23(29,32)21(30)26-11-6-14-28-12-4-1-5-13-28/h2-3,7-10,15,32H,1,4-6,11-14H2,(H,26,30)(H,27,31). The minimum absolute atomic E-state index is 0.208. The van der Waals surface area contributed by atoms with Crippen molar-refractivity contribution >= 4 is 46.5 Å². The largest absolute Gasteiger partial charge is 0.359 e. The van der Waals surface area contributed by atoms with Crippen molar-refractivity contribution in [1.29, 1.82) is 0 Å². The number of fused-ring (bicyclic) bond motifs is 1. The van der Waals surface area contributed by atoms with Crippen LogP contribution < -0.4 is 15.5 Å². The maximum atomic E-state index is 13.4. The van der Waals surface area contributed by atoms with Crippen LogP contribution in [0.3, 0.4) is 0 Å². The summed E-state index contributed by atoms with van der Waals surface area (Å²) in [5, 5.41) is 17.8. The summed E-state index contributed by atoms with van der Waals surface area (Å²) >= 11 is 12.2. The van der Waals surface area contributed by atoms with E-state index >= 15 is 0 Å². The first-order chi connectivity index (χ1) is 15.4. The van der Waals surface area contributed by atoms with E-state index in [1.165, 1.54) is 37.5 Å². The van der Waals surface area contributed by atoms with Crippen LogP contribution in [0.2, 0.25) is 10.0 Å². The van der Waals surface area contributed by atoms with E-state index in [1.54, 1.807) is 24.3 Å². The highest BCUT2D eigenvalue weighted by Gasteiger charge is 2.51. The molecule has 32 heavy (non-hydrogen) atoms. The fraction of sp³-hybridized carbons (Fsp3) is 0.391. The summed E-state index contributed by atoms with van der Waals surface area (Å²) in [5.74, 6) is -0.676. The molecule has 0 bridgehead atoms. The zero-order valence-electron chi connectivity index (χ0n) is 17.6. The van der Waals surface area contributed by atoms with Gasteiger partial charge in [-0.1, -0.05) is 47.8 Å². The van der Waals surface area contributed by atoms with Crippen LogP contribution in [0.5, 0.6) is 0 Å². The lowest BCUT2D eigenvalue weighted by Gasteiger charge is -2.42. The number of urea groups is 1. The fourth-order valence-corrected chi connectivity index (χ4v) is 4.59. The number of nitrogens with zero attached hydrogens (tertiary/aromatic N) is 2. The Morgan fingerprint density at radius 3 is 2.59 bits per heavy atom. The molecule has 7 nitrogen and oxygen atoms in total. The van der Waals surface area contributed by atoms with E-state index in [-0.39, 0.29) is 16.3 Å². The second-order valence-corrected chi connectivity index (χ2v) is 8.91. The molecule has 0 spiro atoms. The van der Waals surface area contributed by atoms with Gasteiger partial charge in [-0.2, -0.15) is 0 Å². The lowest BCUT2D eigenvalue weighted by molar-refractivity contribution is -0.140. The number of hydrogen-bond acceptors (Lipinski definition) is 4. The normalized spacial score (nSPS) is 21.1. The number of likely N-dealkylation sites (tertiary alicyclic amines) is 1. The van der Waals surface area contributed by atoms with Crippen molar-refractivity contribution in [3.63, 3.8) is 0 Å². The summed E-state index contributed by atoms with van der Waals surface area (Å²) in [7, 11) is 0. The Labute approximate surface area is 197 Å². The Hall–Kier alpha value is -2.32. The van der Waals surface area contributed by atoms with Crippen LogP contribution >= 0.6 is 23.2 Å². The average molecular weight is 477 g/mol. The smallest absolute Gasteiger partial charge is 0.329 e. The summed E-state index contributed by atoms with van der Waals surface area (Å²) in [4.78, 5) is 29.8. The third kappa shape index (κ3) is 4.43. The zero-order chi connectivity index (χ0) is 22.7. The molecule has 0 saturated carbocycles. The van der Waals surface area contributed by atoms with E-state index in [9.17, 15) is 14.7 Å². The number of nitrogens with one attached hydrogen (secondary N) is 2. The molecule has 0 aliphatic carbocycles. The number of halogens is 2. The minimum Gasteiger partial charge on any atom is -0.359 e. The number of piperidine rings is 1. The highest BCUT2D eigenvalue weighted by molar-refractivity contribution is 6.42. The Morgan fingerprint density at radius 1 is 1.09 bits per heavy atom. The third-order valence-electron chi connectivity index (χ3n) is 5.93. The quantitative estimate of drug-likeness (QED) is 0.545. The zero-order valence-corrected chi connectivity index (χ0v) is 19.1. The van der Waals surface area contributed by atoms with Crippen LogP contribution in [-0.4, -0.2) is 48.1 Å². The van der Waals surface area contributed by atoms with E-state index in [2.05, 4.69) is 15.5 Å². The molecular formula is C23H26Cl2N4O3. The molecule has 0 aromatic heterocycles. The summed E-state index contributed by atoms with van der Waals surface area (Å²) in [6, 6.07) is 10.6. The Morgan fingerprint density at radius 2 is 1.84 bits per heavy atom. The van der Waals surface area contributed by atoms with Crippen LogP contribution in [0.4, 0.5) is 16.2 Å². The Bertz CT molecular complexity index is 1010. The van der Waals surface area contributed by atoms with E-state index in [1.807, 2.05) is 0 Å². The van der Waals surface area contributed by atoms with Crippen molar-refractivity contribution in [1.82, 2.24) is 10.2 Å². The van der Waals surface area contributed by atoms with Crippen LogP contribution in [-0.2, 0) is 10.5 Å². The number of rotatable bonds is 6. The van der Waals surface area contributed by atoms with Gasteiger partial charge in [-0.3, -0.25) is 9.69 Å². The Balaban J connectivity index is 1.59. The number of para-hydroxylation sites is 1. The third-order valence-corrected chi connectivity index (χ3v) is 6.67. The second kappa shape index (κ2) is 9.67. The van der Waals surface area contributed by atoms with Gasteiger partial charge in [0.1, 0.15) is 0 Å². The minimum atomic E-state index is -2.25. The molecule has 2 aliphatic rings. The number of anilines is 2. The molecule has 1 fully saturated rings. The first kappa shape index (κ1) is 22.9. The summed E-state index contributed by atoms with van der Waals surface area (Å²) < 4.78 is 0. The molecule has 170 valence electrons. The molecule has 0 radical (unpaired) electrons. The molecule has 1 unspecified atom stereocenters. The van der Waals surface area contributed by atoms with Crippen molar-refractivity contribution in [3.8, 4) is 0 Å². The molecule has 3 amide bonds. The van der Waals surface area contributed by atoms with Gasteiger partial charge in [-0.15, -0.1) is 0 Å². The predicted octanol–water partition coefficient (Wildman–Crippen LogP) is 4.18. The maximum absolute atomic E-state index is 13.4. The van der Waals surface area contributed by atoms with Gasteiger partial charge in [0, 0.05) is 12.1 Å². The number of aliphatic hydroxyl groups is 1. The van der Waals surface area contributed by atoms with E-state index in [4.69, 9.17) is 23.2 Å². The van der Waals surface area contributed by atoms with Crippen molar-refractivity contribution in [2.24, 2.45) is 0 Å². The van der Waals surface area contributed by atoms with Gasteiger partial charge in [0.15, 0.2) is 0 Å². The number of hydrogen-bond donors (Lipinski definition) is 3. The predicted molar refractivity (Wildman–Crippen MR) is 126 cm³/mol. The summed E-state index contributed by atoms with van der Waals surface area (Å²) in [6.45, 7) is 3.43. The maximum Gasteiger partial charge on any atom is 0.329 e. The monoisotopic (exact) mass is 476 g/mol. The first-order valence-electron chi connectivity index (χ1n) is 10.8. The topological polar surface area (TPSA) is 84.9 Å². The molecular weight excluding hydrogens is 451 g/mol. The molecule has 4 rings (SSSR count). The lowest BCUT2D eigenvalue weighted by atomic mass is 9.94. The molecule has 1 saturated heterocycles. The molecule has 2 aromatic rings. The van der Waals surface area contributed by atoms with Gasteiger partial charge < -0.3 is 20.6 Å². The highest BCUT2D eigenvalue weighted by Crippen LogP contribution is 2.41. The average Bonchev–Trinajstić information content (AvgIpc) is 2.79. The van der Waals surface area contributed by atoms with Crippen molar-refractivity contribution in [3.05, 3.63) is 58.1 Å². The van der Waals surface area contributed by atoms with Crippen LogP contribution in [0.25, 0.3) is 0 Å². The Kier molecular flexibility index (Phi) is 6.90. The number of carbonyl (C=O) groups excluding carboxylic acids is 2. The molecule has 3 N–H and O–H groups in total. The van der Waals surface area contributed by atoms with Gasteiger partial charge in [-0.25, -0.2) is 4.79 Å². The van der Waals surface area contributed by atoms with Gasteiger partial charge >= 0.3 is 6.03 Å². The van der Waals surface area contributed by atoms with Crippen LogP contribution in [0.1, 0.15) is 31.2 Å². The molecule has 2 heterocycles. The summed E-state index contributed by atoms with van der Waals surface area (Å²) in [5.41, 5.74) is -1.35. The fourth-order valence-electron chi connectivity index (χ4n) is 4.30. The van der Waals surface area contributed by atoms with Gasteiger partial charge in [0.25, 0.3) is 11.6 Å². The van der Waals surface area contributed by atoms with E-state index < -0.39 is 17.7 Å². The van der Waals surface area contributed by atoms with E-state index in [0.29, 0.717) is 17.3 Å². The van der Waals surface area contributed by atoms with E-state index in [0.717, 1.165) is 31.0 Å². The van der Waals surface area contributed by atoms with Crippen LogP contribution in [0.15, 0.2) is 42.5 Å². The van der Waals surface area contributed by atoms with Crippen molar-refractivity contribution in [2.45, 2.75) is 31.4 Å². The number of amides is 3. The lowest BCUT2D eigenvalue weighted by Crippen LogP contribution is -2.62. The SMILES string of the molecule is O=C1Nc2ccccc2C(O)(C(=O)NCCCN2CCCCC2)N1c1ccc(Cl)c(Cl)c1. The van der Waals surface area contributed by atoms with Crippen LogP contribution in [0, 0.1) is 0 Å². The number of benzene rings is 2. The number of carbonyl (C=O) groups is 2. The highest BCUT2D eigenvalue weighted by atomic mass is 35.5. The molecule has 2 aliphatic heterocycles. The van der Waals surface area contributed by atoms with Crippen molar-refractivity contribution < 1.29 is 14.7 Å².